The molecule has 20 heavy (non-hydrogen) atoms. The van der Waals surface area contributed by atoms with E-state index in [0.29, 0.717) is 18.5 Å². The van der Waals surface area contributed by atoms with E-state index in [1.165, 1.54) is 12.8 Å². The molecule has 0 atom stereocenters. The minimum Gasteiger partial charge on any atom is -0.467 e. The van der Waals surface area contributed by atoms with Crippen LogP contribution in [0.1, 0.15) is 25.5 Å². The summed E-state index contributed by atoms with van der Waals surface area (Å²) in [6.07, 6.45) is 3.94. The van der Waals surface area contributed by atoms with Crippen molar-refractivity contribution in [1.29, 1.82) is 0 Å². The van der Waals surface area contributed by atoms with Crippen molar-refractivity contribution in [2.45, 2.75) is 32.4 Å². The second-order valence-electron chi connectivity index (χ2n) is 4.47. The Kier molecular flexibility index (Phi) is 7.42. The molecule has 1 aromatic rings. The zero-order valence-electron chi connectivity index (χ0n) is 11.5. The molecule has 0 saturated heterocycles. The Bertz CT molecular complexity index is 430. The van der Waals surface area contributed by atoms with Gasteiger partial charge >= 0.3 is 0 Å². The van der Waals surface area contributed by atoms with Gasteiger partial charge in [0.1, 0.15) is 12.3 Å². The standard InChI is InChI=1S/C13H20N4O2.HI/c1-2-14-13(17-10-5-6-10)16-9-12(18)15-8-11-4-3-7-19-11;/h3-4,7,10H,2,5-6,8-9H2,1H3,(H,15,18)(H2,14,16,17);1H. The summed E-state index contributed by atoms with van der Waals surface area (Å²) >= 11 is 0. The number of hydrogen-bond donors (Lipinski definition) is 3. The van der Waals surface area contributed by atoms with E-state index in [0.717, 1.165) is 12.3 Å². The summed E-state index contributed by atoms with van der Waals surface area (Å²) in [4.78, 5) is 15.9. The van der Waals surface area contributed by atoms with Gasteiger partial charge in [0, 0.05) is 12.6 Å². The van der Waals surface area contributed by atoms with Gasteiger partial charge in [0.15, 0.2) is 5.96 Å². The molecule has 1 fully saturated rings. The van der Waals surface area contributed by atoms with Crippen molar-refractivity contribution >= 4 is 35.8 Å². The number of nitrogens with zero attached hydrogens (tertiary/aromatic N) is 1. The Morgan fingerprint density at radius 1 is 1.45 bits per heavy atom. The highest BCUT2D eigenvalue weighted by molar-refractivity contribution is 14.0. The molecule has 0 radical (unpaired) electrons. The molecular formula is C13H21IN4O2. The Balaban J connectivity index is 0.00000200. The van der Waals surface area contributed by atoms with Crippen LogP contribution in [0.25, 0.3) is 0 Å². The molecule has 1 aliphatic rings. The minimum absolute atomic E-state index is 0. The number of hydrogen-bond acceptors (Lipinski definition) is 3. The Hall–Kier alpha value is -1.25. The van der Waals surface area contributed by atoms with Crippen molar-refractivity contribution in [3.8, 4) is 0 Å². The van der Waals surface area contributed by atoms with Gasteiger partial charge in [0.05, 0.1) is 12.8 Å². The first-order valence-corrected chi connectivity index (χ1v) is 6.62. The fraction of sp³-hybridized carbons (Fsp3) is 0.538. The predicted molar refractivity (Wildman–Crippen MR) is 88.1 cm³/mol. The van der Waals surface area contributed by atoms with E-state index < -0.39 is 0 Å². The van der Waals surface area contributed by atoms with E-state index >= 15 is 0 Å². The molecular weight excluding hydrogens is 371 g/mol. The van der Waals surface area contributed by atoms with Gasteiger partial charge < -0.3 is 20.4 Å². The summed E-state index contributed by atoms with van der Waals surface area (Å²) in [7, 11) is 0. The molecule has 1 saturated carbocycles. The van der Waals surface area contributed by atoms with Gasteiger partial charge in [-0.25, -0.2) is 4.99 Å². The maximum Gasteiger partial charge on any atom is 0.242 e. The van der Waals surface area contributed by atoms with Crippen molar-refractivity contribution in [1.82, 2.24) is 16.0 Å². The molecule has 0 aromatic carbocycles. The molecule has 1 amide bonds. The van der Waals surface area contributed by atoms with Crippen LogP contribution in [0.5, 0.6) is 0 Å². The summed E-state index contributed by atoms with van der Waals surface area (Å²) in [6.45, 7) is 3.30. The summed E-state index contributed by atoms with van der Waals surface area (Å²) in [6, 6.07) is 4.13. The maximum absolute atomic E-state index is 11.6. The van der Waals surface area contributed by atoms with Crippen molar-refractivity contribution in [2.75, 3.05) is 13.1 Å². The second kappa shape index (κ2) is 8.83. The first-order chi connectivity index (χ1) is 9.28. The van der Waals surface area contributed by atoms with Gasteiger partial charge in [0.25, 0.3) is 0 Å². The maximum atomic E-state index is 11.6. The lowest BCUT2D eigenvalue weighted by molar-refractivity contribution is -0.119. The number of nitrogens with one attached hydrogen (secondary N) is 3. The van der Waals surface area contributed by atoms with Gasteiger partial charge in [-0.15, -0.1) is 24.0 Å². The van der Waals surface area contributed by atoms with Gasteiger partial charge in [0.2, 0.25) is 5.91 Å². The molecule has 112 valence electrons. The Morgan fingerprint density at radius 3 is 2.85 bits per heavy atom. The SMILES string of the molecule is CCNC(=NCC(=O)NCc1ccco1)NC1CC1.I. The number of rotatable bonds is 6. The molecule has 1 heterocycles. The minimum atomic E-state index is -0.121. The molecule has 3 N–H and O–H groups in total. The Morgan fingerprint density at radius 2 is 2.25 bits per heavy atom. The fourth-order valence-electron chi connectivity index (χ4n) is 1.55. The van der Waals surface area contributed by atoms with Crippen molar-refractivity contribution < 1.29 is 9.21 Å². The van der Waals surface area contributed by atoms with E-state index in [1.54, 1.807) is 12.3 Å². The molecule has 0 spiro atoms. The van der Waals surface area contributed by atoms with Crippen LogP contribution in [0.15, 0.2) is 27.8 Å². The largest absolute Gasteiger partial charge is 0.467 e. The van der Waals surface area contributed by atoms with E-state index in [-0.39, 0.29) is 36.4 Å². The van der Waals surface area contributed by atoms with Crippen molar-refractivity contribution in [3.63, 3.8) is 0 Å². The van der Waals surface area contributed by atoms with Gasteiger partial charge in [-0.05, 0) is 31.9 Å². The van der Waals surface area contributed by atoms with Crippen molar-refractivity contribution in [2.24, 2.45) is 4.99 Å². The molecule has 6 nitrogen and oxygen atoms in total. The van der Waals surface area contributed by atoms with Crippen LogP contribution in [-0.4, -0.2) is 31.0 Å². The first kappa shape index (κ1) is 16.8. The van der Waals surface area contributed by atoms with E-state index in [1.807, 2.05) is 13.0 Å². The van der Waals surface area contributed by atoms with Gasteiger partial charge in [-0.3, -0.25) is 4.79 Å². The van der Waals surface area contributed by atoms with Gasteiger partial charge in [-0.1, -0.05) is 0 Å². The quantitative estimate of drug-likeness (QED) is 0.387. The number of carbonyl (C=O) groups is 1. The van der Waals surface area contributed by atoms with Crippen molar-refractivity contribution in [3.05, 3.63) is 24.2 Å². The molecule has 0 aliphatic heterocycles. The number of carbonyl (C=O) groups excluding carboxylic acids is 1. The lowest BCUT2D eigenvalue weighted by Gasteiger charge is -2.09. The number of furan rings is 1. The molecule has 1 aromatic heterocycles. The molecule has 0 unspecified atom stereocenters. The highest BCUT2D eigenvalue weighted by atomic mass is 127. The molecule has 2 rings (SSSR count). The Labute approximate surface area is 135 Å². The number of halogens is 1. The zero-order chi connectivity index (χ0) is 13.5. The molecule has 0 bridgehead atoms. The smallest absolute Gasteiger partial charge is 0.242 e. The molecule has 7 heteroatoms. The average molecular weight is 392 g/mol. The van der Waals surface area contributed by atoms with Crippen LogP contribution in [-0.2, 0) is 11.3 Å². The third-order valence-electron chi connectivity index (χ3n) is 2.68. The van der Waals surface area contributed by atoms with Crippen LogP contribution in [0.3, 0.4) is 0 Å². The topological polar surface area (TPSA) is 78.7 Å². The van der Waals surface area contributed by atoms with Crippen LogP contribution >= 0.6 is 24.0 Å². The zero-order valence-corrected chi connectivity index (χ0v) is 13.8. The third kappa shape index (κ3) is 6.27. The number of aliphatic imine (C=N–C) groups is 1. The van der Waals surface area contributed by atoms with Gasteiger partial charge in [-0.2, -0.15) is 0 Å². The lowest BCUT2D eigenvalue weighted by Crippen LogP contribution is -2.39. The fourth-order valence-corrected chi connectivity index (χ4v) is 1.55. The van der Waals surface area contributed by atoms with E-state index in [4.69, 9.17) is 4.42 Å². The van der Waals surface area contributed by atoms with Crippen LogP contribution < -0.4 is 16.0 Å². The average Bonchev–Trinajstić information content (AvgIpc) is 3.06. The monoisotopic (exact) mass is 392 g/mol. The summed E-state index contributed by atoms with van der Waals surface area (Å²) in [5, 5.41) is 9.13. The first-order valence-electron chi connectivity index (χ1n) is 6.62. The van der Waals surface area contributed by atoms with Crippen LogP contribution in [0.4, 0.5) is 0 Å². The van der Waals surface area contributed by atoms with E-state index in [9.17, 15) is 4.79 Å². The number of guanidine groups is 1. The molecule has 1 aliphatic carbocycles. The summed E-state index contributed by atoms with van der Waals surface area (Å²) in [5.41, 5.74) is 0. The third-order valence-corrected chi connectivity index (χ3v) is 2.68. The second-order valence-corrected chi connectivity index (χ2v) is 4.47. The van der Waals surface area contributed by atoms with Crippen LogP contribution in [0.2, 0.25) is 0 Å². The predicted octanol–water partition coefficient (Wildman–Crippen LogP) is 1.23. The summed E-state index contributed by atoms with van der Waals surface area (Å²) in [5.74, 6) is 1.32. The highest BCUT2D eigenvalue weighted by Gasteiger charge is 2.22. The normalized spacial score (nSPS) is 14.3. The summed E-state index contributed by atoms with van der Waals surface area (Å²) < 4.78 is 5.13. The highest BCUT2D eigenvalue weighted by Crippen LogP contribution is 2.18. The lowest BCUT2D eigenvalue weighted by atomic mass is 10.4. The van der Waals surface area contributed by atoms with E-state index in [2.05, 4.69) is 20.9 Å². The number of amides is 1. The van der Waals surface area contributed by atoms with Crippen LogP contribution in [0, 0.1) is 0 Å².